The van der Waals surface area contributed by atoms with Gasteiger partial charge < -0.3 is 14.3 Å². The number of hydrogen-bond donors (Lipinski definition) is 1. The maximum absolute atomic E-state index is 12.3. The quantitative estimate of drug-likeness (QED) is 0.333. The standard InChI is InChI=1S/C9H20NO4P/c1-6-9(10-11)15(12,13-7(2)3)14-8(4)5/h7-8,11H,6H2,1-5H3/b10-9+. The molecule has 0 aliphatic heterocycles. The lowest BCUT2D eigenvalue weighted by Gasteiger charge is -2.22. The summed E-state index contributed by atoms with van der Waals surface area (Å²) < 4.78 is 22.7. The zero-order valence-electron chi connectivity index (χ0n) is 9.93. The highest BCUT2D eigenvalue weighted by molar-refractivity contribution is 7.72. The molecule has 0 heterocycles. The van der Waals surface area contributed by atoms with Crippen molar-refractivity contribution in [3.63, 3.8) is 0 Å². The van der Waals surface area contributed by atoms with Crippen molar-refractivity contribution < 1.29 is 18.8 Å². The number of hydrogen-bond acceptors (Lipinski definition) is 5. The van der Waals surface area contributed by atoms with Crippen LogP contribution < -0.4 is 0 Å². The maximum atomic E-state index is 12.3. The van der Waals surface area contributed by atoms with Crippen LogP contribution in [0.4, 0.5) is 0 Å². The summed E-state index contributed by atoms with van der Waals surface area (Å²) >= 11 is 0. The topological polar surface area (TPSA) is 68.1 Å². The zero-order valence-corrected chi connectivity index (χ0v) is 10.8. The molecule has 0 saturated carbocycles. The molecule has 0 fully saturated rings. The van der Waals surface area contributed by atoms with E-state index in [2.05, 4.69) is 5.16 Å². The minimum Gasteiger partial charge on any atom is -0.410 e. The Labute approximate surface area is 91.0 Å². The van der Waals surface area contributed by atoms with E-state index in [1.54, 1.807) is 34.6 Å². The van der Waals surface area contributed by atoms with Crippen molar-refractivity contribution in [2.75, 3.05) is 0 Å². The van der Waals surface area contributed by atoms with Gasteiger partial charge in [0.1, 0.15) is 0 Å². The molecule has 0 aromatic carbocycles. The first-order valence-electron chi connectivity index (χ1n) is 5.04. The second kappa shape index (κ2) is 6.26. The molecule has 0 aliphatic rings. The van der Waals surface area contributed by atoms with Gasteiger partial charge in [-0.25, -0.2) is 0 Å². The second-order valence-electron chi connectivity index (χ2n) is 3.68. The third-order valence-corrected chi connectivity index (χ3v) is 3.88. The predicted octanol–water partition coefficient (Wildman–Crippen LogP) is 3.23. The smallest absolute Gasteiger partial charge is 0.379 e. The van der Waals surface area contributed by atoms with Crippen LogP contribution in [0.15, 0.2) is 5.16 Å². The first kappa shape index (κ1) is 14.6. The van der Waals surface area contributed by atoms with Crippen molar-refractivity contribution in [2.24, 2.45) is 5.16 Å². The van der Waals surface area contributed by atoms with Crippen LogP contribution >= 0.6 is 7.60 Å². The van der Waals surface area contributed by atoms with Gasteiger partial charge in [0, 0.05) is 0 Å². The molecule has 0 radical (unpaired) electrons. The van der Waals surface area contributed by atoms with Gasteiger partial charge >= 0.3 is 7.60 Å². The third-order valence-electron chi connectivity index (χ3n) is 1.45. The van der Waals surface area contributed by atoms with Gasteiger partial charge in [0.15, 0.2) is 5.45 Å². The summed E-state index contributed by atoms with van der Waals surface area (Å²) in [6.07, 6.45) is -0.177. The third kappa shape index (κ3) is 4.78. The Balaban J connectivity index is 4.93. The Bertz CT molecular complexity index is 249. The molecule has 90 valence electrons. The Kier molecular flexibility index (Phi) is 6.10. The van der Waals surface area contributed by atoms with Crippen molar-refractivity contribution >= 4 is 13.0 Å². The summed E-state index contributed by atoms with van der Waals surface area (Å²) in [5.41, 5.74) is 0.0601. The molecule has 15 heavy (non-hydrogen) atoms. The molecule has 1 N–H and O–H groups in total. The van der Waals surface area contributed by atoms with Crippen LogP contribution in [0.1, 0.15) is 41.0 Å². The van der Waals surface area contributed by atoms with Crippen LogP contribution in [-0.2, 0) is 13.6 Å². The van der Waals surface area contributed by atoms with E-state index in [4.69, 9.17) is 14.3 Å². The first-order valence-corrected chi connectivity index (χ1v) is 6.58. The van der Waals surface area contributed by atoms with E-state index in [1.807, 2.05) is 0 Å². The molecule has 5 nitrogen and oxygen atoms in total. The molecule has 0 saturated heterocycles. The average Bonchev–Trinajstić information content (AvgIpc) is 2.01. The van der Waals surface area contributed by atoms with E-state index in [9.17, 15) is 4.57 Å². The van der Waals surface area contributed by atoms with Gasteiger partial charge in [-0.2, -0.15) is 0 Å². The molecular formula is C9H20NO4P. The van der Waals surface area contributed by atoms with Crippen LogP contribution in [0, 0.1) is 0 Å². The highest BCUT2D eigenvalue weighted by Gasteiger charge is 2.34. The highest BCUT2D eigenvalue weighted by atomic mass is 31.2. The molecule has 0 atom stereocenters. The molecule has 0 rings (SSSR count). The fourth-order valence-corrected chi connectivity index (χ4v) is 2.92. The normalized spacial score (nSPS) is 13.9. The van der Waals surface area contributed by atoms with E-state index < -0.39 is 7.60 Å². The molecular weight excluding hydrogens is 217 g/mol. The summed E-state index contributed by atoms with van der Waals surface area (Å²) in [4.78, 5) is 0. The predicted molar refractivity (Wildman–Crippen MR) is 59.6 cm³/mol. The van der Waals surface area contributed by atoms with E-state index >= 15 is 0 Å². The molecule has 0 aromatic heterocycles. The lowest BCUT2D eigenvalue weighted by Crippen LogP contribution is -2.14. The SMILES string of the molecule is CC/C(=N\O)P(=O)(OC(C)C)OC(C)C. The van der Waals surface area contributed by atoms with Crippen LogP contribution in [-0.4, -0.2) is 22.9 Å². The monoisotopic (exact) mass is 237 g/mol. The fourth-order valence-electron chi connectivity index (χ4n) is 1.02. The molecule has 0 amide bonds. The van der Waals surface area contributed by atoms with Gasteiger partial charge in [0.25, 0.3) is 0 Å². The average molecular weight is 237 g/mol. The number of oxime groups is 1. The van der Waals surface area contributed by atoms with Crippen molar-refractivity contribution in [1.82, 2.24) is 0 Å². The Morgan fingerprint density at radius 3 is 1.87 bits per heavy atom. The Morgan fingerprint density at radius 1 is 1.27 bits per heavy atom. The van der Waals surface area contributed by atoms with Crippen LogP contribution in [0.3, 0.4) is 0 Å². The van der Waals surface area contributed by atoms with Crippen LogP contribution in [0.2, 0.25) is 0 Å². The lowest BCUT2D eigenvalue weighted by atomic mass is 10.5. The minimum atomic E-state index is -3.44. The molecule has 0 aromatic rings. The lowest BCUT2D eigenvalue weighted by molar-refractivity contribution is 0.151. The molecule has 0 spiro atoms. The summed E-state index contributed by atoms with van der Waals surface area (Å²) in [5, 5.41) is 11.7. The van der Waals surface area contributed by atoms with Gasteiger partial charge in [0.2, 0.25) is 0 Å². The Hall–Kier alpha value is -0.380. The van der Waals surface area contributed by atoms with Crippen molar-refractivity contribution in [3.05, 3.63) is 0 Å². The number of rotatable bonds is 6. The van der Waals surface area contributed by atoms with Gasteiger partial charge in [-0.05, 0) is 34.1 Å². The van der Waals surface area contributed by atoms with E-state index in [-0.39, 0.29) is 17.7 Å². The Morgan fingerprint density at radius 2 is 1.67 bits per heavy atom. The van der Waals surface area contributed by atoms with E-state index in [1.165, 1.54) is 0 Å². The van der Waals surface area contributed by atoms with Gasteiger partial charge in [-0.1, -0.05) is 12.1 Å². The van der Waals surface area contributed by atoms with Crippen LogP contribution in [0.25, 0.3) is 0 Å². The minimum absolute atomic E-state index is 0.0601. The van der Waals surface area contributed by atoms with Gasteiger partial charge in [-0.3, -0.25) is 4.57 Å². The summed E-state index contributed by atoms with van der Waals surface area (Å²) in [6, 6.07) is 0. The van der Waals surface area contributed by atoms with Gasteiger partial charge in [0.05, 0.1) is 12.2 Å². The van der Waals surface area contributed by atoms with E-state index in [0.29, 0.717) is 6.42 Å². The first-order chi connectivity index (χ1) is 6.85. The summed E-state index contributed by atoms with van der Waals surface area (Å²) in [6.45, 7) is 8.74. The summed E-state index contributed by atoms with van der Waals surface area (Å²) in [7, 11) is -3.44. The largest absolute Gasteiger partial charge is 0.410 e. The van der Waals surface area contributed by atoms with E-state index in [0.717, 1.165) is 0 Å². The molecule has 6 heteroatoms. The van der Waals surface area contributed by atoms with Crippen molar-refractivity contribution in [3.8, 4) is 0 Å². The van der Waals surface area contributed by atoms with Crippen molar-refractivity contribution in [2.45, 2.75) is 53.2 Å². The molecule has 0 unspecified atom stereocenters. The van der Waals surface area contributed by atoms with Crippen molar-refractivity contribution in [1.29, 1.82) is 0 Å². The van der Waals surface area contributed by atoms with Gasteiger partial charge in [-0.15, -0.1) is 0 Å². The fraction of sp³-hybridized carbons (Fsp3) is 0.889. The zero-order chi connectivity index (χ0) is 12.1. The van der Waals surface area contributed by atoms with Crippen LogP contribution in [0.5, 0.6) is 0 Å². The summed E-state index contributed by atoms with van der Waals surface area (Å²) in [5.74, 6) is 0. The molecule has 0 aliphatic carbocycles. The highest BCUT2D eigenvalue weighted by Crippen LogP contribution is 2.52. The molecule has 0 bridgehead atoms. The number of nitrogens with zero attached hydrogens (tertiary/aromatic N) is 1. The maximum Gasteiger partial charge on any atom is 0.379 e. The second-order valence-corrected chi connectivity index (χ2v) is 5.61.